The molecule has 0 amide bonds. The van der Waals surface area contributed by atoms with Gasteiger partial charge in [0.15, 0.2) is 0 Å². The molecule has 0 fully saturated rings. The molecule has 1 atom stereocenters. The number of hydrogen-bond acceptors (Lipinski definition) is 3. The monoisotopic (exact) mass is 145 g/mol. The van der Waals surface area contributed by atoms with Crippen molar-refractivity contribution in [3.05, 3.63) is 0 Å². The highest BCUT2D eigenvalue weighted by Gasteiger charge is 1.99. The van der Waals surface area contributed by atoms with Crippen LogP contribution >= 0.6 is 0 Å². The normalized spacial score (nSPS) is 13.9. The first-order valence-corrected chi connectivity index (χ1v) is 3.40. The maximum Gasteiger partial charge on any atom is 0.121 e. The van der Waals surface area contributed by atoms with Gasteiger partial charge in [0.1, 0.15) is 6.61 Å². The Hall–Kier alpha value is -0.570. The van der Waals surface area contributed by atoms with Crippen LogP contribution in [0.3, 0.4) is 0 Å². The van der Waals surface area contributed by atoms with E-state index in [0.717, 1.165) is 6.61 Å². The van der Waals surface area contributed by atoms with E-state index in [4.69, 9.17) is 9.57 Å². The number of methoxy groups -OCH3 is 1. The summed E-state index contributed by atoms with van der Waals surface area (Å²) in [6.45, 7) is 5.22. The van der Waals surface area contributed by atoms with E-state index in [1.165, 1.54) is 0 Å². The molecule has 0 aromatic carbocycles. The van der Waals surface area contributed by atoms with Crippen molar-refractivity contribution in [3.8, 4) is 0 Å². The number of nitrogens with zero attached hydrogens (tertiary/aromatic N) is 1. The highest BCUT2D eigenvalue weighted by molar-refractivity contribution is 5.52. The highest BCUT2D eigenvalue weighted by atomic mass is 16.6. The summed E-state index contributed by atoms with van der Waals surface area (Å²) in [5, 5.41) is 3.61. The lowest BCUT2D eigenvalue weighted by Gasteiger charge is -2.06. The van der Waals surface area contributed by atoms with E-state index in [-0.39, 0.29) is 0 Å². The van der Waals surface area contributed by atoms with Crippen LogP contribution in [0.1, 0.15) is 13.8 Å². The second kappa shape index (κ2) is 6.55. The maximum atomic E-state index is 4.90. The average molecular weight is 145 g/mol. The molecule has 0 saturated carbocycles. The molecule has 0 aromatic rings. The molecular formula is C7H15NO2. The van der Waals surface area contributed by atoms with Crippen molar-refractivity contribution in [2.75, 3.05) is 20.3 Å². The van der Waals surface area contributed by atoms with Gasteiger partial charge in [0.2, 0.25) is 0 Å². The number of hydrogen-bond donors (Lipinski definition) is 0. The van der Waals surface area contributed by atoms with Crippen LogP contribution in [-0.4, -0.2) is 26.5 Å². The summed E-state index contributed by atoms with van der Waals surface area (Å²) in [5.74, 6) is 0.411. The van der Waals surface area contributed by atoms with Crippen molar-refractivity contribution < 1.29 is 9.57 Å². The molecule has 60 valence electrons. The van der Waals surface area contributed by atoms with E-state index < -0.39 is 0 Å². The molecule has 0 spiro atoms. The Morgan fingerprint density at radius 1 is 1.50 bits per heavy atom. The minimum atomic E-state index is 0.411. The summed E-state index contributed by atoms with van der Waals surface area (Å²) in [6.07, 6.45) is 1.62. The van der Waals surface area contributed by atoms with Crippen LogP contribution in [0, 0.1) is 5.92 Å². The predicted octanol–water partition coefficient (Wildman–Crippen LogP) is 1.29. The highest BCUT2D eigenvalue weighted by Crippen LogP contribution is 1.95. The molecule has 0 aliphatic heterocycles. The van der Waals surface area contributed by atoms with Gasteiger partial charge in [0.25, 0.3) is 0 Å². The van der Waals surface area contributed by atoms with E-state index in [1.807, 2.05) is 6.92 Å². The van der Waals surface area contributed by atoms with Gasteiger partial charge < -0.3 is 9.57 Å². The quantitative estimate of drug-likeness (QED) is 0.431. The summed E-state index contributed by atoms with van der Waals surface area (Å²) < 4.78 is 4.90. The van der Waals surface area contributed by atoms with Gasteiger partial charge in [-0.1, -0.05) is 12.1 Å². The number of oxime groups is 1. The molecule has 0 radical (unpaired) electrons. The Balaban J connectivity index is 3.12. The lowest BCUT2D eigenvalue weighted by molar-refractivity contribution is 0.0694. The van der Waals surface area contributed by atoms with Crippen molar-refractivity contribution in [3.63, 3.8) is 0 Å². The predicted molar refractivity (Wildman–Crippen MR) is 41.2 cm³/mol. The maximum absolute atomic E-state index is 4.90. The average Bonchev–Trinajstić information content (AvgIpc) is 1.89. The van der Waals surface area contributed by atoms with E-state index in [2.05, 4.69) is 12.1 Å². The van der Waals surface area contributed by atoms with Gasteiger partial charge >= 0.3 is 0 Å². The fourth-order valence-corrected chi connectivity index (χ4v) is 0.577. The van der Waals surface area contributed by atoms with E-state index in [9.17, 15) is 0 Å². The Morgan fingerprint density at radius 3 is 2.70 bits per heavy atom. The molecule has 3 nitrogen and oxygen atoms in total. The third-order valence-electron chi connectivity index (χ3n) is 0.990. The lowest BCUT2D eigenvalue weighted by atomic mass is 10.2. The van der Waals surface area contributed by atoms with Gasteiger partial charge in [-0.15, -0.1) is 0 Å². The van der Waals surface area contributed by atoms with Gasteiger partial charge in [-0.05, 0) is 6.92 Å². The number of ether oxygens (including phenoxy) is 1. The second-order valence-electron chi connectivity index (χ2n) is 2.22. The lowest BCUT2D eigenvalue weighted by Crippen LogP contribution is -2.09. The molecule has 0 aliphatic carbocycles. The van der Waals surface area contributed by atoms with Crippen LogP contribution in [0.5, 0.6) is 0 Å². The minimum Gasteiger partial charge on any atom is -0.396 e. The summed E-state index contributed by atoms with van der Waals surface area (Å²) in [5.41, 5.74) is 0. The molecule has 0 heterocycles. The van der Waals surface area contributed by atoms with Crippen LogP contribution in [0.4, 0.5) is 0 Å². The Bertz CT molecular complexity index is 93.6. The molecule has 0 rings (SSSR count). The summed E-state index contributed by atoms with van der Waals surface area (Å²) in [6, 6.07) is 0. The third kappa shape index (κ3) is 5.56. The van der Waals surface area contributed by atoms with E-state index >= 15 is 0 Å². The second-order valence-corrected chi connectivity index (χ2v) is 2.22. The molecule has 0 aliphatic rings. The van der Waals surface area contributed by atoms with Crippen LogP contribution < -0.4 is 0 Å². The summed E-state index contributed by atoms with van der Waals surface area (Å²) in [7, 11) is 1.68. The Kier molecular flexibility index (Phi) is 6.18. The molecule has 3 heteroatoms. The number of rotatable bonds is 5. The molecule has 0 saturated heterocycles. The minimum absolute atomic E-state index is 0.411. The van der Waals surface area contributed by atoms with Crippen LogP contribution in [-0.2, 0) is 9.57 Å². The van der Waals surface area contributed by atoms with E-state index in [0.29, 0.717) is 12.5 Å². The SMILES string of the molecule is C/C=N\OCC(C)COC. The van der Waals surface area contributed by atoms with Crippen LogP contribution in [0.25, 0.3) is 0 Å². The molecule has 0 bridgehead atoms. The Morgan fingerprint density at radius 2 is 2.20 bits per heavy atom. The zero-order chi connectivity index (χ0) is 7.82. The zero-order valence-electron chi connectivity index (χ0n) is 6.83. The summed E-state index contributed by atoms with van der Waals surface area (Å²) >= 11 is 0. The standard InChI is InChI=1S/C7H15NO2/c1-4-8-10-6-7(2)5-9-3/h4,7H,5-6H2,1-3H3/b8-4-. The first-order valence-electron chi connectivity index (χ1n) is 3.40. The summed E-state index contributed by atoms with van der Waals surface area (Å²) in [4.78, 5) is 4.89. The molecule has 0 N–H and O–H groups in total. The van der Waals surface area contributed by atoms with Gasteiger partial charge in [-0.3, -0.25) is 0 Å². The zero-order valence-corrected chi connectivity index (χ0v) is 6.83. The van der Waals surface area contributed by atoms with Crippen LogP contribution in [0.15, 0.2) is 5.16 Å². The molecule has 10 heavy (non-hydrogen) atoms. The fourth-order valence-electron chi connectivity index (χ4n) is 0.577. The fraction of sp³-hybridized carbons (Fsp3) is 0.857. The molecular weight excluding hydrogens is 130 g/mol. The van der Waals surface area contributed by atoms with Gasteiger partial charge in [-0.25, -0.2) is 0 Å². The van der Waals surface area contributed by atoms with Crippen molar-refractivity contribution in [2.24, 2.45) is 11.1 Å². The molecule has 1 unspecified atom stereocenters. The van der Waals surface area contributed by atoms with Gasteiger partial charge in [-0.2, -0.15) is 0 Å². The topological polar surface area (TPSA) is 30.8 Å². The van der Waals surface area contributed by atoms with Crippen molar-refractivity contribution in [1.29, 1.82) is 0 Å². The third-order valence-corrected chi connectivity index (χ3v) is 0.990. The van der Waals surface area contributed by atoms with Crippen molar-refractivity contribution >= 4 is 6.21 Å². The molecule has 0 aromatic heterocycles. The largest absolute Gasteiger partial charge is 0.396 e. The van der Waals surface area contributed by atoms with E-state index in [1.54, 1.807) is 13.3 Å². The first-order chi connectivity index (χ1) is 4.81. The van der Waals surface area contributed by atoms with Crippen molar-refractivity contribution in [2.45, 2.75) is 13.8 Å². The van der Waals surface area contributed by atoms with Crippen molar-refractivity contribution in [1.82, 2.24) is 0 Å². The Labute approximate surface area is 62.0 Å². The van der Waals surface area contributed by atoms with Gasteiger partial charge in [0, 0.05) is 19.2 Å². The van der Waals surface area contributed by atoms with Crippen LogP contribution in [0.2, 0.25) is 0 Å². The van der Waals surface area contributed by atoms with Gasteiger partial charge in [0.05, 0.1) is 6.61 Å². The smallest absolute Gasteiger partial charge is 0.121 e. The first kappa shape index (κ1) is 9.43.